The van der Waals surface area contributed by atoms with Gasteiger partial charge in [0.05, 0.1) is 26.4 Å². The molecule has 2 rings (SSSR count). The predicted octanol–water partition coefficient (Wildman–Crippen LogP) is -2.34. The zero-order valence-electron chi connectivity index (χ0n) is 38.3. The first-order chi connectivity index (χ1) is 31.8. The molecule has 1 aliphatic heterocycles. The van der Waals surface area contributed by atoms with Crippen molar-refractivity contribution in [2.45, 2.75) is 140 Å². The minimum Gasteiger partial charge on any atom is -0.481 e. The summed E-state index contributed by atoms with van der Waals surface area (Å²) in [5.74, 6) is -10.9. The lowest BCUT2D eigenvalue weighted by Gasteiger charge is -2.34. The SMILES string of the molecule is CCCCCCCC(=O)N(C(=O)[C@H](CO)NC(=O)[C@H](CO)NC(=O)CN)[C@@H](Cc1ccccc1)C(=O)N[C@@H](CC(C)C)C(=O)N[C@@H](CO)C(=O)N1CCC[C@H]1C(=O)N[C@@H](CCC(=O)O)C(=O)O. The van der Waals surface area contributed by atoms with Gasteiger partial charge < -0.3 is 62.8 Å². The zero-order chi connectivity index (χ0) is 50.2. The standard InChI is InChI=1S/C44H68N8O15/c1-4-5-6-7-11-16-36(57)52(43(65)32(25-55)50-39(61)30(23-53)46-35(56)22-45)34(21-27-13-9-8-10-14-27)41(63)48-29(20-26(2)3)38(60)49-31(24-54)42(64)51-19-12-15-33(51)40(62)47-28(44(66)67)17-18-37(58)59/h8-10,13-14,26,28-34,53-55H,4-7,11-12,15-25,45H2,1-3H3,(H,46,56)(H,47,62)(H,48,63)(H,49,60)(H,50,61)(H,58,59)(H,66,67)/t28-,29-,30-,31-,32-,33-,34-/m0/s1. The number of carbonyl (C=O) groups excluding carboxylic acids is 8. The number of nitrogens with two attached hydrogens (primary N) is 1. The number of benzene rings is 1. The number of hydrogen-bond donors (Lipinski definition) is 11. The van der Waals surface area contributed by atoms with Gasteiger partial charge in [0.2, 0.25) is 41.4 Å². The van der Waals surface area contributed by atoms with Crippen LogP contribution in [0.2, 0.25) is 0 Å². The minimum atomic E-state index is -1.88. The van der Waals surface area contributed by atoms with Crippen molar-refractivity contribution < 1.29 is 73.5 Å². The van der Waals surface area contributed by atoms with Gasteiger partial charge in [-0.1, -0.05) is 76.8 Å². The first kappa shape index (κ1) is 57.1. The van der Waals surface area contributed by atoms with Crippen molar-refractivity contribution >= 4 is 59.2 Å². The second-order valence-electron chi connectivity index (χ2n) is 16.7. The molecular weight excluding hydrogens is 881 g/mol. The van der Waals surface area contributed by atoms with Crippen molar-refractivity contribution in [2.75, 3.05) is 32.9 Å². The quantitative estimate of drug-likeness (QED) is 0.0360. The van der Waals surface area contributed by atoms with E-state index in [9.17, 15) is 68.4 Å². The van der Waals surface area contributed by atoms with Gasteiger partial charge >= 0.3 is 11.9 Å². The molecule has 0 radical (unpaired) electrons. The van der Waals surface area contributed by atoms with Gasteiger partial charge in [-0.15, -0.1) is 0 Å². The number of aliphatic hydroxyl groups excluding tert-OH is 3. The second kappa shape index (κ2) is 29.6. The largest absolute Gasteiger partial charge is 0.481 e. The number of amides is 8. The van der Waals surface area contributed by atoms with Crippen LogP contribution in [0.5, 0.6) is 0 Å². The number of nitrogens with one attached hydrogen (secondary N) is 5. The van der Waals surface area contributed by atoms with Gasteiger partial charge in [-0.05, 0) is 43.6 Å². The molecule has 1 heterocycles. The van der Waals surface area contributed by atoms with Gasteiger partial charge in [0, 0.05) is 25.8 Å². The van der Waals surface area contributed by atoms with Crippen LogP contribution in [-0.4, -0.2) is 170 Å². The van der Waals surface area contributed by atoms with Gasteiger partial charge in [0.25, 0.3) is 5.91 Å². The number of rotatable bonds is 30. The number of likely N-dealkylation sites (tertiary alicyclic amines) is 1. The highest BCUT2D eigenvalue weighted by molar-refractivity contribution is 6.04. The summed E-state index contributed by atoms with van der Waals surface area (Å²) < 4.78 is 0. The number of unbranched alkanes of at least 4 members (excludes halogenated alkanes) is 4. The smallest absolute Gasteiger partial charge is 0.326 e. The molecule has 0 saturated carbocycles. The van der Waals surface area contributed by atoms with Crippen LogP contribution in [0, 0.1) is 5.92 Å². The predicted molar refractivity (Wildman–Crippen MR) is 238 cm³/mol. The summed E-state index contributed by atoms with van der Waals surface area (Å²) in [4.78, 5) is 134. The van der Waals surface area contributed by atoms with Crippen molar-refractivity contribution in [3.8, 4) is 0 Å². The van der Waals surface area contributed by atoms with Crippen LogP contribution in [-0.2, 0) is 54.4 Å². The van der Waals surface area contributed by atoms with E-state index < -0.39 is 141 Å². The first-order valence-electron chi connectivity index (χ1n) is 22.5. The van der Waals surface area contributed by atoms with E-state index in [4.69, 9.17) is 10.8 Å². The van der Waals surface area contributed by atoms with E-state index in [2.05, 4.69) is 26.6 Å². The number of nitrogens with zero attached hydrogens (tertiary/aromatic N) is 2. The Bertz CT molecular complexity index is 1850. The molecule has 0 bridgehead atoms. The van der Waals surface area contributed by atoms with Crippen LogP contribution in [0.4, 0.5) is 0 Å². The average Bonchev–Trinajstić information content (AvgIpc) is 3.80. The molecule has 8 amide bonds. The number of imide groups is 1. The maximum absolute atomic E-state index is 14.7. The molecule has 23 nitrogen and oxygen atoms in total. The van der Waals surface area contributed by atoms with Crippen molar-refractivity contribution in [1.29, 1.82) is 0 Å². The third kappa shape index (κ3) is 18.6. The summed E-state index contributed by atoms with van der Waals surface area (Å²) in [7, 11) is 0. The average molecular weight is 949 g/mol. The first-order valence-corrected chi connectivity index (χ1v) is 22.5. The number of carboxylic acids is 2. The molecule has 1 saturated heterocycles. The summed E-state index contributed by atoms with van der Waals surface area (Å²) in [6, 6.07) is -2.93. The van der Waals surface area contributed by atoms with E-state index in [1.807, 2.05) is 6.92 Å². The molecule has 0 unspecified atom stereocenters. The van der Waals surface area contributed by atoms with E-state index in [0.29, 0.717) is 23.3 Å². The maximum atomic E-state index is 14.7. The number of carboxylic acid groups (broad SMARTS) is 2. The highest BCUT2D eigenvalue weighted by atomic mass is 16.4. The van der Waals surface area contributed by atoms with Gasteiger partial charge in [-0.2, -0.15) is 0 Å². The lowest BCUT2D eigenvalue weighted by atomic mass is 9.99. The lowest BCUT2D eigenvalue weighted by Crippen LogP contribution is -2.63. The fourth-order valence-corrected chi connectivity index (χ4v) is 7.39. The Morgan fingerprint density at radius 1 is 0.731 bits per heavy atom. The zero-order valence-corrected chi connectivity index (χ0v) is 38.3. The number of carbonyl (C=O) groups is 10. The monoisotopic (exact) mass is 948 g/mol. The third-order valence-electron chi connectivity index (χ3n) is 10.9. The molecule has 1 aromatic carbocycles. The van der Waals surface area contributed by atoms with E-state index >= 15 is 0 Å². The number of aliphatic hydroxyl groups is 3. The lowest BCUT2D eigenvalue weighted by molar-refractivity contribution is -0.155. The van der Waals surface area contributed by atoms with Crippen LogP contribution in [0.15, 0.2) is 30.3 Å². The van der Waals surface area contributed by atoms with Crippen molar-refractivity contribution in [3.63, 3.8) is 0 Å². The molecule has 1 aromatic rings. The van der Waals surface area contributed by atoms with Crippen LogP contribution < -0.4 is 32.3 Å². The van der Waals surface area contributed by atoms with Gasteiger partial charge in [-0.25, -0.2) is 4.79 Å². The van der Waals surface area contributed by atoms with E-state index in [0.717, 1.165) is 24.2 Å². The highest BCUT2D eigenvalue weighted by Gasteiger charge is 2.42. The van der Waals surface area contributed by atoms with E-state index in [1.54, 1.807) is 44.2 Å². The number of hydrogen-bond acceptors (Lipinski definition) is 14. The normalized spacial score (nSPS) is 16.1. The van der Waals surface area contributed by atoms with Gasteiger partial charge in [0.15, 0.2) is 0 Å². The number of aliphatic carboxylic acids is 2. The molecule has 1 aliphatic rings. The Kier molecular flexibility index (Phi) is 25.2. The van der Waals surface area contributed by atoms with Crippen molar-refractivity contribution in [3.05, 3.63) is 35.9 Å². The van der Waals surface area contributed by atoms with E-state index in [1.165, 1.54) is 0 Å². The Balaban J connectivity index is 2.53. The second-order valence-corrected chi connectivity index (χ2v) is 16.7. The summed E-state index contributed by atoms with van der Waals surface area (Å²) in [5.41, 5.74) is 5.78. The molecule has 67 heavy (non-hydrogen) atoms. The Labute approximate surface area is 388 Å². The Hall–Kier alpha value is -6.04. The third-order valence-corrected chi connectivity index (χ3v) is 10.9. The fourth-order valence-electron chi connectivity index (χ4n) is 7.39. The highest BCUT2D eigenvalue weighted by Crippen LogP contribution is 2.21. The van der Waals surface area contributed by atoms with Gasteiger partial charge in [-0.3, -0.25) is 48.1 Å². The summed E-state index contributed by atoms with van der Waals surface area (Å²) in [6.45, 7) is 1.90. The molecule has 374 valence electrons. The molecule has 0 aromatic heterocycles. The summed E-state index contributed by atoms with van der Waals surface area (Å²) in [5, 5.41) is 60.8. The topological polar surface area (TPSA) is 364 Å². The Morgan fingerprint density at radius 2 is 1.33 bits per heavy atom. The van der Waals surface area contributed by atoms with Crippen LogP contribution >= 0.6 is 0 Å². The summed E-state index contributed by atoms with van der Waals surface area (Å²) in [6.07, 6.45) is 2.20. The molecule has 0 spiro atoms. The molecule has 0 aliphatic carbocycles. The molecule has 7 atom stereocenters. The molecule has 23 heteroatoms. The van der Waals surface area contributed by atoms with E-state index in [-0.39, 0.29) is 44.6 Å². The maximum Gasteiger partial charge on any atom is 0.326 e. The molecular formula is C44H68N8O15. The Morgan fingerprint density at radius 3 is 1.90 bits per heavy atom. The van der Waals surface area contributed by atoms with Crippen molar-refractivity contribution in [1.82, 2.24) is 36.4 Å². The van der Waals surface area contributed by atoms with Crippen LogP contribution in [0.1, 0.15) is 97.0 Å². The molecule has 1 fully saturated rings. The fraction of sp³-hybridized carbons (Fsp3) is 0.636. The van der Waals surface area contributed by atoms with Crippen LogP contribution in [0.25, 0.3) is 0 Å². The van der Waals surface area contributed by atoms with Crippen molar-refractivity contribution in [2.24, 2.45) is 11.7 Å². The van der Waals surface area contributed by atoms with Gasteiger partial charge in [0.1, 0.15) is 42.3 Å². The minimum absolute atomic E-state index is 0.0156. The van der Waals surface area contributed by atoms with Crippen LogP contribution in [0.3, 0.4) is 0 Å². The molecule has 12 N–H and O–H groups in total. The summed E-state index contributed by atoms with van der Waals surface area (Å²) >= 11 is 0.